The molecular formula is C26H33N5O5. The number of amidine groups is 1. The second-order valence-electron chi connectivity index (χ2n) is 8.50. The van der Waals surface area contributed by atoms with Crippen molar-refractivity contribution in [2.75, 3.05) is 37.7 Å². The third-order valence-electron chi connectivity index (χ3n) is 6.01. The maximum absolute atomic E-state index is 12.9. The number of amides is 2. The molecule has 1 heterocycles. The molecule has 0 spiro atoms. The SMILES string of the molecule is CCOC(=O)CCCC(NC(=O)CN1CCN(c2ccc(/C(N)=N\O)cc2)CC1=O)c1ccccc1. The van der Waals surface area contributed by atoms with Crippen molar-refractivity contribution in [2.45, 2.75) is 32.2 Å². The van der Waals surface area contributed by atoms with Gasteiger partial charge >= 0.3 is 5.97 Å². The van der Waals surface area contributed by atoms with Crippen LogP contribution in [0.3, 0.4) is 0 Å². The number of carbonyl (C=O) groups is 3. The Balaban J connectivity index is 1.55. The summed E-state index contributed by atoms with van der Waals surface area (Å²) in [5.41, 5.74) is 7.97. The highest BCUT2D eigenvalue weighted by atomic mass is 16.5. The van der Waals surface area contributed by atoms with E-state index in [9.17, 15) is 14.4 Å². The number of hydrogen-bond acceptors (Lipinski definition) is 7. The van der Waals surface area contributed by atoms with Crippen molar-refractivity contribution in [3.8, 4) is 0 Å². The molecule has 4 N–H and O–H groups in total. The number of oxime groups is 1. The summed E-state index contributed by atoms with van der Waals surface area (Å²) in [5, 5.41) is 14.8. The Hall–Kier alpha value is -4.08. The van der Waals surface area contributed by atoms with Crippen LogP contribution in [0.15, 0.2) is 59.8 Å². The molecule has 1 unspecified atom stereocenters. The summed E-state index contributed by atoms with van der Waals surface area (Å²) < 4.78 is 4.99. The quantitative estimate of drug-likeness (QED) is 0.143. The first-order valence-electron chi connectivity index (χ1n) is 12.0. The van der Waals surface area contributed by atoms with Crippen molar-refractivity contribution in [1.82, 2.24) is 10.2 Å². The van der Waals surface area contributed by atoms with E-state index >= 15 is 0 Å². The van der Waals surface area contributed by atoms with E-state index in [-0.39, 0.29) is 49.2 Å². The second-order valence-corrected chi connectivity index (χ2v) is 8.50. The molecule has 36 heavy (non-hydrogen) atoms. The zero-order chi connectivity index (χ0) is 25.9. The molecular weight excluding hydrogens is 462 g/mol. The molecule has 2 amide bonds. The lowest BCUT2D eigenvalue weighted by Gasteiger charge is -2.35. The first kappa shape index (κ1) is 26.5. The van der Waals surface area contributed by atoms with E-state index in [1.54, 1.807) is 24.0 Å². The molecule has 1 fully saturated rings. The van der Waals surface area contributed by atoms with E-state index < -0.39 is 0 Å². The molecule has 2 aromatic carbocycles. The summed E-state index contributed by atoms with van der Waals surface area (Å²) in [7, 11) is 0. The number of rotatable bonds is 11. The van der Waals surface area contributed by atoms with Crippen LogP contribution < -0.4 is 16.0 Å². The number of piperazine rings is 1. The molecule has 1 aliphatic heterocycles. The van der Waals surface area contributed by atoms with Gasteiger partial charge in [0.25, 0.3) is 0 Å². The molecule has 1 saturated heterocycles. The van der Waals surface area contributed by atoms with Gasteiger partial charge in [-0.15, -0.1) is 0 Å². The van der Waals surface area contributed by atoms with Gasteiger partial charge in [0.2, 0.25) is 11.8 Å². The van der Waals surface area contributed by atoms with Crippen molar-refractivity contribution in [3.05, 3.63) is 65.7 Å². The molecule has 3 rings (SSSR count). The van der Waals surface area contributed by atoms with Gasteiger partial charge in [0, 0.05) is 30.8 Å². The smallest absolute Gasteiger partial charge is 0.305 e. The molecule has 0 aromatic heterocycles. The molecule has 10 heteroatoms. The predicted octanol–water partition coefficient (Wildman–Crippen LogP) is 2.02. The van der Waals surface area contributed by atoms with Crippen molar-refractivity contribution in [2.24, 2.45) is 10.9 Å². The third-order valence-corrected chi connectivity index (χ3v) is 6.01. The lowest BCUT2D eigenvalue weighted by atomic mass is 10.0. The molecule has 0 aliphatic carbocycles. The van der Waals surface area contributed by atoms with Crippen LogP contribution in [0.5, 0.6) is 0 Å². The van der Waals surface area contributed by atoms with Crippen LogP contribution in [0.25, 0.3) is 0 Å². The number of benzene rings is 2. The van der Waals surface area contributed by atoms with E-state index in [4.69, 9.17) is 15.7 Å². The van der Waals surface area contributed by atoms with Crippen LogP contribution in [-0.4, -0.2) is 66.5 Å². The number of esters is 1. The van der Waals surface area contributed by atoms with Crippen LogP contribution in [0.4, 0.5) is 5.69 Å². The molecule has 2 aromatic rings. The van der Waals surface area contributed by atoms with Crippen molar-refractivity contribution in [1.29, 1.82) is 0 Å². The third kappa shape index (κ3) is 7.46. The first-order valence-corrected chi connectivity index (χ1v) is 12.0. The van der Waals surface area contributed by atoms with Gasteiger partial charge < -0.3 is 30.8 Å². The minimum atomic E-state index is -0.266. The van der Waals surface area contributed by atoms with Gasteiger partial charge in [-0.2, -0.15) is 0 Å². The van der Waals surface area contributed by atoms with Gasteiger partial charge in [0.1, 0.15) is 0 Å². The fourth-order valence-electron chi connectivity index (χ4n) is 4.10. The number of hydrogen-bond donors (Lipinski definition) is 3. The summed E-state index contributed by atoms with van der Waals surface area (Å²) in [6.45, 7) is 3.22. The lowest BCUT2D eigenvalue weighted by Crippen LogP contribution is -2.53. The normalized spacial score (nSPS) is 14.9. The molecule has 1 atom stereocenters. The Labute approximate surface area is 210 Å². The lowest BCUT2D eigenvalue weighted by molar-refractivity contribution is -0.143. The van der Waals surface area contributed by atoms with Gasteiger partial charge in [-0.25, -0.2) is 0 Å². The van der Waals surface area contributed by atoms with Crippen LogP contribution in [0, 0.1) is 0 Å². The number of anilines is 1. The fraction of sp³-hybridized carbons (Fsp3) is 0.385. The molecule has 0 radical (unpaired) electrons. The Morgan fingerprint density at radius 2 is 1.86 bits per heavy atom. The Morgan fingerprint density at radius 3 is 2.50 bits per heavy atom. The van der Waals surface area contributed by atoms with Gasteiger partial charge in [0.05, 0.1) is 25.7 Å². The standard InChI is InChI=1S/C26H33N5O5/c1-2-36-25(34)10-6-9-22(19-7-4-3-5-8-19)28-23(32)17-31-16-15-30(18-24(31)33)21-13-11-20(12-14-21)26(27)29-35/h3-5,7-8,11-14,22,35H,2,6,9-10,15-18H2,1H3,(H2,27,29)(H,28,32). The number of carbonyl (C=O) groups excluding carboxylic acids is 3. The largest absolute Gasteiger partial charge is 0.466 e. The van der Waals surface area contributed by atoms with E-state index in [2.05, 4.69) is 10.5 Å². The monoisotopic (exact) mass is 495 g/mol. The maximum Gasteiger partial charge on any atom is 0.305 e. The first-order chi connectivity index (χ1) is 17.4. The topological polar surface area (TPSA) is 138 Å². The highest BCUT2D eigenvalue weighted by molar-refractivity contribution is 5.97. The van der Waals surface area contributed by atoms with Crippen LogP contribution >= 0.6 is 0 Å². The van der Waals surface area contributed by atoms with Crippen LogP contribution in [0.1, 0.15) is 43.4 Å². The van der Waals surface area contributed by atoms with Crippen molar-refractivity contribution < 1.29 is 24.3 Å². The number of nitrogens with one attached hydrogen (secondary N) is 1. The van der Waals surface area contributed by atoms with E-state index in [0.29, 0.717) is 38.1 Å². The summed E-state index contributed by atoms with van der Waals surface area (Å²) in [5.74, 6) is -0.623. The summed E-state index contributed by atoms with van der Waals surface area (Å²) >= 11 is 0. The van der Waals surface area contributed by atoms with E-state index in [1.165, 1.54) is 0 Å². The summed E-state index contributed by atoms with van der Waals surface area (Å²) in [4.78, 5) is 40.8. The Kier molecular flexibility index (Phi) is 9.67. The number of ether oxygens (including phenoxy) is 1. The molecule has 1 aliphatic rings. The van der Waals surface area contributed by atoms with Crippen molar-refractivity contribution >= 4 is 29.3 Å². The van der Waals surface area contributed by atoms with Crippen LogP contribution in [0.2, 0.25) is 0 Å². The minimum absolute atomic E-state index is 0.0168. The van der Waals surface area contributed by atoms with Gasteiger partial charge in [-0.3, -0.25) is 14.4 Å². The fourth-order valence-corrected chi connectivity index (χ4v) is 4.10. The van der Waals surface area contributed by atoms with Gasteiger partial charge in [-0.05, 0) is 49.6 Å². The highest BCUT2D eigenvalue weighted by Gasteiger charge is 2.26. The second kappa shape index (κ2) is 13.1. The van der Waals surface area contributed by atoms with Gasteiger partial charge in [-0.1, -0.05) is 35.5 Å². The predicted molar refractivity (Wildman–Crippen MR) is 136 cm³/mol. The summed E-state index contributed by atoms with van der Waals surface area (Å²) in [6.07, 6.45) is 1.44. The number of nitrogens with zero attached hydrogens (tertiary/aromatic N) is 3. The molecule has 10 nitrogen and oxygen atoms in total. The number of nitrogens with two attached hydrogens (primary N) is 1. The van der Waals surface area contributed by atoms with Crippen molar-refractivity contribution in [3.63, 3.8) is 0 Å². The Morgan fingerprint density at radius 1 is 1.14 bits per heavy atom. The van der Waals surface area contributed by atoms with E-state index in [0.717, 1.165) is 11.3 Å². The zero-order valence-electron chi connectivity index (χ0n) is 20.4. The average Bonchev–Trinajstić information content (AvgIpc) is 2.89. The molecule has 0 bridgehead atoms. The van der Waals surface area contributed by atoms with E-state index in [1.807, 2.05) is 47.4 Å². The minimum Gasteiger partial charge on any atom is -0.466 e. The maximum atomic E-state index is 12.9. The summed E-state index contributed by atoms with van der Waals surface area (Å²) in [6, 6.07) is 16.4. The molecule has 192 valence electrons. The molecule has 0 saturated carbocycles. The Bertz CT molecular complexity index is 1060. The van der Waals surface area contributed by atoms with Crippen LogP contribution in [-0.2, 0) is 19.1 Å². The van der Waals surface area contributed by atoms with Gasteiger partial charge in [0.15, 0.2) is 5.84 Å². The average molecular weight is 496 g/mol. The zero-order valence-corrected chi connectivity index (χ0v) is 20.4. The highest BCUT2D eigenvalue weighted by Crippen LogP contribution is 2.21.